The van der Waals surface area contributed by atoms with E-state index in [0.717, 1.165) is 12.1 Å². The highest BCUT2D eigenvalue weighted by Gasteiger charge is 2.20. The molecule has 0 spiro atoms. The molecule has 1 N–H and O–H groups in total. The lowest BCUT2D eigenvalue weighted by molar-refractivity contribution is -0.384. The van der Waals surface area contributed by atoms with Gasteiger partial charge in [0.05, 0.1) is 4.92 Å². The molecule has 2 aromatic rings. The maximum absolute atomic E-state index is 13.7. The number of amides is 1. The summed E-state index contributed by atoms with van der Waals surface area (Å²) >= 11 is 5.67. The molecule has 0 atom stereocenters. The highest BCUT2D eigenvalue weighted by atomic mass is 35.5. The Morgan fingerprint density at radius 1 is 1.29 bits per heavy atom. The van der Waals surface area contributed by atoms with E-state index in [9.17, 15) is 19.3 Å². The third kappa shape index (κ3) is 3.35. The van der Waals surface area contributed by atoms with Crippen LogP contribution in [0.25, 0.3) is 0 Å². The number of hydrogen-bond donors (Lipinski definition) is 1. The van der Waals surface area contributed by atoms with Gasteiger partial charge >= 0.3 is 0 Å². The SMILES string of the molecule is O=C(Nc1c(F)cccc1[N+](=O)[O-])c1cccc(CCl)c1. The van der Waals surface area contributed by atoms with Crippen molar-refractivity contribution < 1.29 is 14.1 Å². The Kier molecular flexibility index (Phi) is 4.49. The molecular weight excluding hydrogens is 299 g/mol. The van der Waals surface area contributed by atoms with E-state index in [0.29, 0.717) is 5.56 Å². The Morgan fingerprint density at radius 3 is 2.67 bits per heavy atom. The Bertz CT molecular complexity index is 706. The Labute approximate surface area is 124 Å². The predicted octanol–water partition coefficient (Wildman–Crippen LogP) is 3.73. The number of nitro benzene ring substituents is 1. The monoisotopic (exact) mass is 308 g/mol. The maximum atomic E-state index is 13.7. The van der Waals surface area contributed by atoms with Crippen LogP contribution in [0.15, 0.2) is 42.5 Å². The van der Waals surface area contributed by atoms with Crippen LogP contribution in [-0.2, 0) is 5.88 Å². The molecule has 2 rings (SSSR count). The zero-order valence-electron chi connectivity index (χ0n) is 10.7. The van der Waals surface area contributed by atoms with Crippen molar-refractivity contribution in [3.8, 4) is 0 Å². The van der Waals surface area contributed by atoms with E-state index in [1.54, 1.807) is 12.1 Å². The normalized spacial score (nSPS) is 10.2. The number of carbonyl (C=O) groups is 1. The molecule has 0 aromatic heterocycles. The molecule has 21 heavy (non-hydrogen) atoms. The second-order valence-corrected chi connectivity index (χ2v) is 4.45. The van der Waals surface area contributed by atoms with Crippen LogP contribution in [0.1, 0.15) is 15.9 Å². The summed E-state index contributed by atoms with van der Waals surface area (Å²) in [6.07, 6.45) is 0. The number of halogens is 2. The summed E-state index contributed by atoms with van der Waals surface area (Å²) in [5, 5.41) is 13.1. The first-order chi connectivity index (χ1) is 10.0. The molecule has 0 saturated carbocycles. The molecule has 0 saturated heterocycles. The molecule has 108 valence electrons. The van der Waals surface area contributed by atoms with Crippen molar-refractivity contribution in [2.24, 2.45) is 0 Å². The third-order valence-corrected chi connectivity index (χ3v) is 3.08. The Morgan fingerprint density at radius 2 is 2.00 bits per heavy atom. The van der Waals surface area contributed by atoms with Crippen LogP contribution in [-0.4, -0.2) is 10.8 Å². The van der Waals surface area contributed by atoms with Crippen molar-refractivity contribution in [3.05, 3.63) is 69.5 Å². The quantitative estimate of drug-likeness (QED) is 0.531. The topological polar surface area (TPSA) is 72.2 Å². The van der Waals surface area contributed by atoms with Crippen LogP contribution in [0, 0.1) is 15.9 Å². The average Bonchev–Trinajstić information content (AvgIpc) is 2.49. The minimum atomic E-state index is -0.869. The Hall–Kier alpha value is -2.47. The minimum absolute atomic E-state index is 0.223. The van der Waals surface area contributed by atoms with Crippen LogP contribution in [0.3, 0.4) is 0 Å². The molecule has 2 aromatic carbocycles. The Balaban J connectivity index is 2.33. The van der Waals surface area contributed by atoms with Crippen molar-refractivity contribution in [1.29, 1.82) is 0 Å². The van der Waals surface area contributed by atoms with E-state index < -0.39 is 28.0 Å². The maximum Gasteiger partial charge on any atom is 0.295 e. The van der Waals surface area contributed by atoms with E-state index in [2.05, 4.69) is 5.32 Å². The second kappa shape index (κ2) is 6.32. The fourth-order valence-corrected chi connectivity index (χ4v) is 1.94. The average molecular weight is 309 g/mol. The number of para-hydroxylation sites is 1. The lowest BCUT2D eigenvalue weighted by Gasteiger charge is -2.07. The van der Waals surface area contributed by atoms with Gasteiger partial charge in [0.2, 0.25) is 0 Å². The first-order valence-electron chi connectivity index (χ1n) is 5.92. The van der Waals surface area contributed by atoms with Crippen molar-refractivity contribution in [2.75, 3.05) is 5.32 Å². The summed E-state index contributed by atoms with van der Waals surface area (Å²) in [4.78, 5) is 22.2. The van der Waals surface area contributed by atoms with Gasteiger partial charge in [0, 0.05) is 17.5 Å². The molecule has 0 aliphatic heterocycles. The van der Waals surface area contributed by atoms with Gasteiger partial charge in [-0.3, -0.25) is 14.9 Å². The molecule has 0 fully saturated rings. The minimum Gasteiger partial charge on any atom is -0.314 e. The van der Waals surface area contributed by atoms with Crippen LogP contribution >= 0.6 is 11.6 Å². The summed E-state index contributed by atoms with van der Waals surface area (Å²) in [5.41, 5.74) is -0.00123. The smallest absolute Gasteiger partial charge is 0.295 e. The highest BCUT2D eigenvalue weighted by molar-refractivity contribution is 6.17. The van der Waals surface area contributed by atoms with Crippen molar-refractivity contribution in [3.63, 3.8) is 0 Å². The number of benzene rings is 2. The van der Waals surface area contributed by atoms with Crippen molar-refractivity contribution >= 4 is 28.9 Å². The van der Waals surface area contributed by atoms with Crippen LogP contribution in [0.5, 0.6) is 0 Å². The standard InChI is InChI=1S/C14H10ClFN2O3/c15-8-9-3-1-4-10(7-9)14(19)17-13-11(16)5-2-6-12(13)18(20)21/h1-7H,8H2,(H,17,19). The summed E-state index contributed by atoms with van der Waals surface area (Å²) < 4.78 is 13.7. The number of anilines is 1. The summed E-state index contributed by atoms with van der Waals surface area (Å²) in [5.74, 6) is -1.29. The number of rotatable bonds is 4. The molecule has 0 unspecified atom stereocenters. The predicted molar refractivity (Wildman–Crippen MR) is 77.0 cm³/mol. The lowest BCUT2D eigenvalue weighted by Crippen LogP contribution is -2.14. The van der Waals surface area contributed by atoms with Gasteiger partial charge in [-0.25, -0.2) is 4.39 Å². The van der Waals surface area contributed by atoms with Gasteiger partial charge in [-0.2, -0.15) is 0 Å². The molecule has 0 radical (unpaired) electrons. The van der Waals surface area contributed by atoms with Gasteiger partial charge in [-0.05, 0) is 23.8 Å². The summed E-state index contributed by atoms with van der Waals surface area (Å²) in [7, 11) is 0. The highest BCUT2D eigenvalue weighted by Crippen LogP contribution is 2.27. The number of nitrogens with one attached hydrogen (secondary N) is 1. The van der Waals surface area contributed by atoms with Gasteiger partial charge in [0.15, 0.2) is 11.5 Å². The first kappa shape index (κ1) is 14.9. The molecule has 0 aliphatic carbocycles. The number of alkyl halides is 1. The molecule has 0 bridgehead atoms. The van der Waals surface area contributed by atoms with Gasteiger partial charge < -0.3 is 5.32 Å². The molecule has 1 amide bonds. The molecular formula is C14H10ClFN2O3. The van der Waals surface area contributed by atoms with Crippen LogP contribution in [0.2, 0.25) is 0 Å². The third-order valence-electron chi connectivity index (χ3n) is 2.77. The first-order valence-corrected chi connectivity index (χ1v) is 6.45. The van der Waals surface area contributed by atoms with E-state index >= 15 is 0 Å². The van der Waals surface area contributed by atoms with Gasteiger partial charge in [0.25, 0.3) is 11.6 Å². The van der Waals surface area contributed by atoms with E-state index in [-0.39, 0.29) is 11.4 Å². The molecule has 0 aliphatic rings. The van der Waals surface area contributed by atoms with Crippen molar-refractivity contribution in [2.45, 2.75) is 5.88 Å². The van der Waals surface area contributed by atoms with E-state index in [4.69, 9.17) is 11.6 Å². The fraction of sp³-hybridized carbons (Fsp3) is 0.0714. The summed E-state index contributed by atoms with van der Waals surface area (Å²) in [6.45, 7) is 0. The van der Waals surface area contributed by atoms with Gasteiger partial charge in [-0.15, -0.1) is 11.6 Å². The number of nitro groups is 1. The van der Waals surface area contributed by atoms with E-state index in [1.807, 2.05) is 0 Å². The number of carbonyl (C=O) groups excluding carboxylic acids is 1. The van der Waals surface area contributed by atoms with Crippen LogP contribution in [0.4, 0.5) is 15.8 Å². The fourth-order valence-electron chi connectivity index (χ4n) is 1.77. The molecule has 7 heteroatoms. The van der Waals surface area contributed by atoms with E-state index in [1.165, 1.54) is 18.2 Å². The molecule has 0 heterocycles. The lowest BCUT2D eigenvalue weighted by atomic mass is 10.1. The van der Waals surface area contributed by atoms with Gasteiger partial charge in [0.1, 0.15) is 0 Å². The number of nitrogens with zero attached hydrogens (tertiary/aromatic N) is 1. The number of hydrogen-bond acceptors (Lipinski definition) is 3. The largest absolute Gasteiger partial charge is 0.314 e. The van der Waals surface area contributed by atoms with Gasteiger partial charge in [-0.1, -0.05) is 18.2 Å². The zero-order valence-corrected chi connectivity index (χ0v) is 11.4. The summed E-state index contributed by atoms with van der Waals surface area (Å²) in [6, 6.07) is 9.77. The second-order valence-electron chi connectivity index (χ2n) is 4.18. The molecule has 5 nitrogen and oxygen atoms in total. The van der Waals surface area contributed by atoms with Crippen LogP contribution < -0.4 is 5.32 Å². The van der Waals surface area contributed by atoms with Crippen molar-refractivity contribution in [1.82, 2.24) is 0 Å². The zero-order chi connectivity index (χ0) is 15.4.